The number of ether oxygens (including phenoxy) is 1. The normalized spacial score (nSPS) is 18.7. The molecule has 0 spiro atoms. The first kappa shape index (κ1) is 13.8. The van der Waals surface area contributed by atoms with Crippen LogP contribution in [0, 0.1) is 0 Å². The third kappa shape index (κ3) is 3.03. The molecule has 18 heavy (non-hydrogen) atoms. The van der Waals surface area contributed by atoms with Crippen LogP contribution in [0.15, 0.2) is 17.3 Å². The minimum absolute atomic E-state index is 0.217. The monoisotopic (exact) mass is 293 g/mol. The highest BCUT2D eigenvalue weighted by atomic mass is 35.5. The summed E-state index contributed by atoms with van der Waals surface area (Å²) in [5.74, 6) is 0.402. The fraction of sp³-hybridized carbons (Fsp3) is 0.700. The van der Waals surface area contributed by atoms with E-state index in [4.69, 9.17) is 16.3 Å². The van der Waals surface area contributed by atoms with E-state index in [2.05, 4.69) is 5.10 Å². The van der Waals surface area contributed by atoms with Gasteiger partial charge in [-0.1, -0.05) is 0 Å². The van der Waals surface area contributed by atoms with Gasteiger partial charge in [-0.25, -0.2) is 8.42 Å². The van der Waals surface area contributed by atoms with Crippen LogP contribution in [0.2, 0.25) is 0 Å². The average Bonchev–Trinajstić information content (AvgIpc) is 2.65. The van der Waals surface area contributed by atoms with Crippen LogP contribution in [0.25, 0.3) is 0 Å². The summed E-state index contributed by atoms with van der Waals surface area (Å²) in [6.07, 6.45) is 3.60. The van der Waals surface area contributed by atoms with E-state index in [9.17, 15) is 8.42 Å². The van der Waals surface area contributed by atoms with Crippen LogP contribution in [-0.4, -0.2) is 54.7 Å². The second kappa shape index (κ2) is 6.01. The predicted molar refractivity (Wildman–Crippen MR) is 67.1 cm³/mol. The number of aryl methyl sites for hydroxylation is 1. The Labute approximate surface area is 112 Å². The topological polar surface area (TPSA) is 64.4 Å². The second-order valence-electron chi connectivity index (χ2n) is 4.00. The number of hydrogen-bond donors (Lipinski definition) is 0. The van der Waals surface area contributed by atoms with Crippen molar-refractivity contribution in [2.45, 2.75) is 17.9 Å². The smallest absolute Gasteiger partial charge is 0.246 e. The number of rotatable bonds is 4. The molecular formula is C10H16ClN3O3S. The molecule has 0 unspecified atom stereocenters. The molecule has 0 amide bonds. The lowest BCUT2D eigenvalue weighted by atomic mass is 10.5. The second-order valence-corrected chi connectivity index (χ2v) is 6.31. The molecule has 0 bridgehead atoms. The largest absolute Gasteiger partial charge is 0.380 e. The van der Waals surface area contributed by atoms with Crippen LogP contribution in [-0.2, 0) is 21.3 Å². The van der Waals surface area contributed by atoms with Crippen molar-refractivity contribution in [2.75, 3.05) is 32.2 Å². The van der Waals surface area contributed by atoms with Crippen LogP contribution in [0.4, 0.5) is 0 Å². The van der Waals surface area contributed by atoms with Gasteiger partial charge >= 0.3 is 0 Å². The highest BCUT2D eigenvalue weighted by Gasteiger charge is 2.26. The van der Waals surface area contributed by atoms with E-state index in [0.717, 1.165) is 6.42 Å². The van der Waals surface area contributed by atoms with Crippen molar-refractivity contribution in [3.8, 4) is 0 Å². The maximum Gasteiger partial charge on any atom is 0.246 e. The van der Waals surface area contributed by atoms with Gasteiger partial charge < -0.3 is 4.74 Å². The molecule has 0 saturated carbocycles. The Hall–Kier alpha value is -0.630. The van der Waals surface area contributed by atoms with Crippen LogP contribution in [0.5, 0.6) is 0 Å². The third-order valence-corrected chi connectivity index (χ3v) is 4.76. The van der Waals surface area contributed by atoms with E-state index in [1.807, 2.05) is 0 Å². The number of alkyl halides is 1. The molecule has 2 rings (SSSR count). The van der Waals surface area contributed by atoms with Crippen molar-refractivity contribution < 1.29 is 13.2 Å². The molecule has 0 radical (unpaired) electrons. The minimum atomic E-state index is -3.46. The Morgan fingerprint density at radius 1 is 1.39 bits per heavy atom. The molecule has 1 fully saturated rings. The Balaban J connectivity index is 2.17. The lowest BCUT2D eigenvalue weighted by molar-refractivity contribution is 0.148. The first-order chi connectivity index (χ1) is 8.64. The number of halogens is 1. The molecule has 0 aromatic carbocycles. The average molecular weight is 294 g/mol. The molecule has 0 N–H and O–H groups in total. The van der Waals surface area contributed by atoms with Gasteiger partial charge in [-0.05, 0) is 6.42 Å². The number of hydrogen-bond acceptors (Lipinski definition) is 4. The highest BCUT2D eigenvalue weighted by Crippen LogP contribution is 2.16. The van der Waals surface area contributed by atoms with Gasteiger partial charge in [-0.15, -0.1) is 11.6 Å². The lowest BCUT2D eigenvalue weighted by Gasteiger charge is -2.17. The quantitative estimate of drug-likeness (QED) is 0.760. The highest BCUT2D eigenvalue weighted by molar-refractivity contribution is 7.89. The SMILES string of the molecule is O=S(=O)(c1cnn(CCCl)c1)N1CCCOCC1. The van der Waals surface area contributed by atoms with E-state index in [1.54, 1.807) is 0 Å². The van der Waals surface area contributed by atoms with E-state index in [1.165, 1.54) is 21.4 Å². The van der Waals surface area contributed by atoms with E-state index < -0.39 is 10.0 Å². The molecular weight excluding hydrogens is 278 g/mol. The van der Waals surface area contributed by atoms with Crippen LogP contribution >= 0.6 is 11.6 Å². The summed E-state index contributed by atoms with van der Waals surface area (Å²) >= 11 is 5.59. The van der Waals surface area contributed by atoms with Gasteiger partial charge in [0.15, 0.2) is 0 Å². The zero-order chi connectivity index (χ0) is 13.0. The van der Waals surface area contributed by atoms with Crippen molar-refractivity contribution in [3.63, 3.8) is 0 Å². The zero-order valence-corrected chi connectivity index (χ0v) is 11.5. The third-order valence-electron chi connectivity index (χ3n) is 2.74. The summed E-state index contributed by atoms with van der Waals surface area (Å²) in [6, 6.07) is 0. The van der Waals surface area contributed by atoms with Crippen molar-refractivity contribution in [3.05, 3.63) is 12.4 Å². The standard InChI is InChI=1S/C10H16ClN3O3S/c11-2-4-13-9-10(8-12-13)18(15,16)14-3-1-6-17-7-5-14/h8-9H,1-7H2. The summed E-state index contributed by atoms with van der Waals surface area (Å²) in [5, 5.41) is 3.99. The molecule has 6 nitrogen and oxygen atoms in total. The van der Waals surface area contributed by atoms with Crippen LogP contribution < -0.4 is 0 Å². The Morgan fingerprint density at radius 2 is 2.22 bits per heavy atom. The lowest BCUT2D eigenvalue weighted by Crippen LogP contribution is -2.33. The van der Waals surface area contributed by atoms with Gasteiger partial charge in [-0.3, -0.25) is 4.68 Å². The van der Waals surface area contributed by atoms with Crippen molar-refractivity contribution in [2.24, 2.45) is 0 Å². The van der Waals surface area contributed by atoms with Crippen LogP contribution in [0.3, 0.4) is 0 Å². The van der Waals surface area contributed by atoms with E-state index in [0.29, 0.717) is 38.7 Å². The molecule has 1 saturated heterocycles. The number of nitrogens with zero attached hydrogens (tertiary/aromatic N) is 3. The molecule has 1 aromatic heterocycles. The molecule has 8 heteroatoms. The molecule has 102 valence electrons. The number of sulfonamides is 1. The molecule has 0 aliphatic carbocycles. The molecule has 1 aliphatic rings. The fourth-order valence-corrected chi connectivity index (χ4v) is 3.39. The van der Waals surface area contributed by atoms with Crippen LogP contribution in [0.1, 0.15) is 6.42 Å². The van der Waals surface area contributed by atoms with E-state index in [-0.39, 0.29) is 4.90 Å². The summed E-state index contributed by atoms with van der Waals surface area (Å²) in [7, 11) is -3.46. The van der Waals surface area contributed by atoms with Crippen molar-refractivity contribution in [1.29, 1.82) is 0 Å². The Kier molecular flexibility index (Phi) is 4.60. The van der Waals surface area contributed by atoms with Gasteiger partial charge in [0.2, 0.25) is 10.0 Å². The van der Waals surface area contributed by atoms with Gasteiger partial charge in [0.25, 0.3) is 0 Å². The summed E-state index contributed by atoms with van der Waals surface area (Å²) in [4.78, 5) is 0.217. The molecule has 2 heterocycles. The first-order valence-corrected chi connectivity index (χ1v) is 7.78. The molecule has 1 aliphatic heterocycles. The maximum absolute atomic E-state index is 12.3. The summed E-state index contributed by atoms with van der Waals surface area (Å²) < 4.78 is 32.9. The van der Waals surface area contributed by atoms with E-state index >= 15 is 0 Å². The summed E-state index contributed by atoms with van der Waals surface area (Å²) in [6.45, 7) is 2.43. The Bertz CT molecular complexity index is 480. The maximum atomic E-state index is 12.3. The summed E-state index contributed by atoms with van der Waals surface area (Å²) in [5.41, 5.74) is 0. The minimum Gasteiger partial charge on any atom is -0.380 e. The number of aromatic nitrogens is 2. The van der Waals surface area contributed by atoms with Gasteiger partial charge in [0.05, 0.1) is 19.3 Å². The predicted octanol–water partition coefficient (Wildman–Crippen LogP) is 0.533. The molecule has 0 atom stereocenters. The Morgan fingerprint density at radius 3 is 3.00 bits per heavy atom. The molecule has 1 aromatic rings. The van der Waals surface area contributed by atoms with Gasteiger partial charge in [0.1, 0.15) is 4.90 Å². The fourth-order valence-electron chi connectivity index (χ4n) is 1.80. The zero-order valence-electron chi connectivity index (χ0n) is 9.96. The van der Waals surface area contributed by atoms with Gasteiger partial charge in [-0.2, -0.15) is 9.40 Å². The first-order valence-electron chi connectivity index (χ1n) is 5.81. The van der Waals surface area contributed by atoms with Gasteiger partial charge in [0, 0.05) is 31.8 Å². The van der Waals surface area contributed by atoms with Crippen molar-refractivity contribution in [1.82, 2.24) is 14.1 Å². The van der Waals surface area contributed by atoms with Crippen molar-refractivity contribution >= 4 is 21.6 Å².